The van der Waals surface area contributed by atoms with E-state index in [4.69, 9.17) is 0 Å². The van der Waals surface area contributed by atoms with E-state index in [0.717, 1.165) is 21.7 Å². The van der Waals surface area contributed by atoms with Crippen molar-refractivity contribution in [1.29, 1.82) is 0 Å². The predicted molar refractivity (Wildman–Crippen MR) is 89.8 cm³/mol. The van der Waals surface area contributed by atoms with Gasteiger partial charge in [0.05, 0.1) is 0 Å². The van der Waals surface area contributed by atoms with Crippen molar-refractivity contribution in [3.05, 3.63) is 56.7 Å². The van der Waals surface area contributed by atoms with Crippen LogP contribution in [0.1, 0.15) is 34.8 Å². The SMILES string of the molecule is COC(=O)c1cc([I-]N2c3ccc(C(F)(F)F)cc3CCC2C)ccc1O. The Hall–Kier alpha value is -1.97. The van der Waals surface area contributed by atoms with Crippen molar-refractivity contribution in [1.82, 2.24) is 0 Å². The minimum absolute atomic E-state index is 0.0898. The molecule has 0 radical (unpaired) electrons. The molecule has 0 aromatic heterocycles. The molecule has 1 heterocycles. The van der Waals surface area contributed by atoms with E-state index in [2.05, 4.69) is 7.85 Å². The molecule has 0 bridgehead atoms. The van der Waals surface area contributed by atoms with Gasteiger partial charge in [0.15, 0.2) is 0 Å². The second-order valence-corrected chi connectivity index (χ2v) is 9.05. The number of nitrogens with zero attached hydrogens (tertiary/aromatic N) is 1. The molecule has 0 fully saturated rings. The maximum absolute atomic E-state index is 13.0. The summed E-state index contributed by atoms with van der Waals surface area (Å²) in [5.41, 5.74) is 0.954. The average Bonchev–Trinajstić information content (AvgIpc) is 2.63. The van der Waals surface area contributed by atoms with Gasteiger partial charge in [-0.25, -0.2) is 0 Å². The summed E-state index contributed by atoms with van der Waals surface area (Å²) in [6.45, 7) is 2.04. The number of carbonyl (C=O) groups excluding carboxylic acids is 1. The number of rotatable bonds is 3. The van der Waals surface area contributed by atoms with Gasteiger partial charge in [-0.05, 0) is 0 Å². The Morgan fingerprint density at radius 3 is 2.67 bits per heavy atom. The molecule has 1 atom stereocenters. The van der Waals surface area contributed by atoms with E-state index in [-0.39, 0.29) is 17.4 Å². The van der Waals surface area contributed by atoms with Gasteiger partial charge >= 0.3 is 166 Å². The number of aryl methyl sites for hydroxylation is 1. The predicted octanol–water partition coefficient (Wildman–Crippen LogP) is 1.21. The van der Waals surface area contributed by atoms with Crippen molar-refractivity contribution in [2.24, 2.45) is 0 Å². The fourth-order valence-corrected chi connectivity index (χ4v) is 5.83. The zero-order valence-corrected chi connectivity index (χ0v) is 16.8. The third-order valence-corrected chi connectivity index (χ3v) is 7.63. The first-order chi connectivity index (χ1) is 12.7. The number of methoxy groups -OCH3 is 1. The van der Waals surface area contributed by atoms with Crippen molar-refractivity contribution in [2.75, 3.05) is 10.2 Å². The number of hydrogen-bond donors (Lipinski definition) is 1. The Kier molecular flexibility index (Phi) is 5.55. The molecule has 27 heavy (non-hydrogen) atoms. The van der Waals surface area contributed by atoms with Gasteiger partial charge in [-0.3, -0.25) is 0 Å². The van der Waals surface area contributed by atoms with E-state index in [9.17, 15) is 23.1 Å². The quantitative estimate of drug-likeness (QED) is 0.398. The monoisotopic (exact) mass is 492 g/mol. The van der Waals surface area contributed by atoms with Crippen LogP contribution in [-0.2, 0) is 17.3 Å². The van der Waals surface area contributed by atoms with Crippen LogP contribution in [0.5, 0.6) is 5.75 Å². The molecule has 2 aromatic carbocycles. The van der Waals surface area contributed by atoms with E-state index >= 15 is 0 Å². The van der Waals surface area contributed by atoms with Crippen molar-refractivity contribution in [2.45, 2.75) is 32.0 Å². The summed E-state index contributed by atoms with van der Waals surface area (Å²) in [5, 5.41) is 9.85. The first-order valence-corrected chi connectivity index (χ1v) is 10.3. The molecule has 4 nitrogen and oxygen atoms in total. The van der Waals surface area contributed by atoms with E-state index < -0.39 is 39.2 Å². The summed E-state index contributed by atoms with van der Waals surface area (Å²) in [6, 6.07) is 8.84. The van der Waals surface area contributed by atoms with Crippen LogP contribution in [0.3, 0.4) is 0 Å². The Labute approximate surface area is 165 Å². The number of hydrogen-bond acceptors (Lipinski definition) is 4. The van der Waals surface area contributed by atoms with Crippen molar-refractivity contribution >= 4 is 11.7 Å². The van der Waals surface area contributed by atoms with Crippen LogP contribution in [-0.4, -0.2) is 24.2 Å². The molecule has 1 aliphatic rings. The molecule has 0 amide bonds. The molecule has 2 aromatic rings. The molecule has 1 unspecified atom stereocenters. The van der Waals surface area contributed by atoms with Crippen LogP contribution in [0.25, 0.3) is 0 Å². The van der Waals surface area contributed by atoms with Crippen molar-refractivity contribution in [3.63, 3.8) is 0 Å². The van der Waals surface area contributed by atoms with Crippen LogP contribution in [0, 0.1) is 3.57 Å². The third kappa shape index (κ3) is 4.15. The molecule has 0 spiro atoms. The average molecular weight is 492 g/mol. The zero-order chi connectivity index (χ0) is 19.8. The molecule has 0 saturated heterocycles. The van der Waals surface area contributed by atoms with Crippen LogP contribution < -0.4 is 24.6 Å². The zero-order valence-electron chi connectivity index (χ0n) is 14.7. The number of anilines is 1. The molecule has 0 saturated carbocycles. The topological polar surface area (TPSA) is 49.8 Å². The van der Waals surface area contributed by atoms with Gasteiger partial charge in [0, 0.05) is 0 Å². The first kappa shape index (κ1) is 19.8. The van der Waals surface area contributed by atoms with Crippen molar-refractivity contribution < 1.29 is 49.3 Å². The van der Waals surface area contributed by atoms with Crippen molar-refractivity contribution in [3.8, 4) is 5.75 Å². The van der Waals surface area contributed by atoms with Crippen LogP contribution >= 0.6 is 0 Å². The van der Waals surface area contributed by atoms with E-state index in [1.807, 2.05) is 6.92 Å². The summed E-state index contributed by atoms with van der Waals surface area (Å²) in [6.07, 6.45) is -3.00. The molecule has 1 aliphatic heterocycles. The minimum atomic E-state index is -4.36. The summed E-state index contributed by atoms with van der Waals surface area (Å²) < 4.78 is 46.7. The van der Waals surface area contributed by atoms with Gasteiger partial charge in [-0.2, -0.15) is 0 Å². The molecular weight excluding hydrogens is 474 g/mol. The summed E-state index contributed by atoms with van der Waals surface area (Å²) in [5.74, 6) is -0.781. The number of halogens is 4. The van der Waals surface area contributed by atoms with Crippen LogP contribution in [0.15, 0.2) is 36.4 Å². The van der Waals surface area contributed by atoms with Gasteiger partial charge in [0.1, 0.15) is 0 Å². The number of aromatic hydroxyl groups is 1. The van der Waals surface area contributed by atoms with Gasteiger partial charge in [0.2, 0.25) is 0 Å². The molecular formula is C19H18F3INO3-. The number of carbonyl (C=O) groups is 1. The normalized spacial score (nSPS) is 16.9. The second-order valence-electron chi connectivity index (χ2n) is 6.28. The van der Waals surface area contributed by atoms with E-state index in [1.54, 1.807) is 12.1 Å². The number of fused-ring (bicyclic) bond motifs is 1. The van der Waals surface area contributed by atoms with E-state index in [0.29, 0.717) is 12.0 Å². The summed E-state index contributed by atoms with van der Waals surface area (Å²) >= 11 is -0.789. The Balaban J connectivity index is 1.93. The molecule has 3 rings (SSSR count). The number of phenols is 1. The van der Waals surface area contributed by atoms with Gasteiger partial charge in [-0.1, -0.05) is 0 Å². The van der Waals surface area contributed by atoms with Crippen LogP contribution in [0.4, 0.5) is 18.9 Å². The Morgan fingerprint density at radius 2 is 2.00 bits per heavy atom. The van der Waals surface area contributed by atoms with Gasteiger partial charge in [-0.15, -0.1) is 0 Å². The third-order valence-electron chi connectivity index (χ3n) is 4.41. The van der Waals surface area contributed by atoms with E-state index in [1.165, 1.54) is 25.3 Å². The summed E-state index contributed by atoms with van der Waals surface area (Å²) in [7, 11) is 1.24. The number of esters is 1. The number of benzene rings is 2. The Bertz CT molecular complexity index is 870. The number of ether oxygens (including phenoxy) is 1. The summed E-state index contributed by atoms with van der Waals surface area (Å²) in [4.78, 5) is 11.8. The molecule has 0 aliphatic carbocycles. The van der Waals surface area contributed by atoms with Gasteiger partial charge < -0.3 is 0 Å². The second kappa shape index (κ2) is 7.57. The number of alkyl halides is 3. The molecule has 1 N–H and O–H groups in total. The van der Waals surface area contributed by atoms with Gasteiger partial charge in [0.25, 0.3) is 0 Å². The Morgan fingerprint density at radius 1 is 1.26 bits per heavy atom. The standard InChI is InChI=1S/C19H18F3INO3/c1-11-3-4-12-9-13(19(20,21)22)5-7-16(12)24(11)23-14-6-8-17(25)15(10-14)18(26)27-2/h5-11,25H,3-4H2,1-2H3/q-1. The number of phenolic OH excluding ortho intramolecular Hbond substituents is 1. The fraction of sp³-hybridized carbons (Fsp3) is 0.316. The fourth-order valence-electron chi connectivity index (χ4n) is 2.95. The van der Waals surface area contributed by atoms with Crippen LogP contribution in [0.2, 0.25) is 0 Å². The molecule has 8 heteroatoms. The first-order valence-electron chi connectivity index (χ1n) is 8.26. The molecule has 146 valence electrons. The maximum atomic E-state index is 13.0.